The maximum absolute atomic E-state index is 13.9. The van der Waals surface area contributed by atoms with E-state index in [1.54, 1.807) is 0 Å². The van der Waals surface area contributed by atoms with Crippen LogP contribution in [-0.4, -0.2) is 28.4 Å². The van der Waals surface area contributed by atoms with Crippen LogP contribution in [0.2, 0.25) is 0 Å². The van der Waals surface area contributed by atoms with E-state index in [1.807, 2.05) is 0 Å². The lowest BCUT2D eigenvalue weighted by Gasteiger charge is -2.12. The monoisotopic (exact) mass is 338 g/mol. The summed E-state index contributed by atoms with van der Waals surface area (Å²) >= 11 is 0. The zero-order chi connectivity index (χ0) is 17.7. The summed E-state index contributed by atoms with van der Waals surface area (Å²) in [5, 5.41) is 7.61. The maximum atomic E-state index is 13.9. The Morgan fingerprint density at radius 3 is 1.79 bits per heavy atom. The van der Waals surface area contributed by atoms with Gasteiger partial charge in [-0.3, -0.25) is 0 Å². The number of rotatable bonds is 6. The Labute approximate surface area is 137 Å². The normalized spacial score (nSPS) is 10.8. The molecule has 2 aromatic rings. The summed E-state index contributed by atoms with van der Waals surface area (Å²) in [7, 11) is 5.62. The van der Waals surface area contributed by atoms with Crippen LogP contribution in [0.5, 0.6) is 23.0 Å². The minimum Gasteiger partial charge on any atom is -0.494 e. The average molecular weight is 338 g/mol. The summed E-state index contributed by atoms with van der Waals surface area (Å²) in [4.78, 5) is 0. The van der Waals surface area contributed by atoms with Crippen molar-refractivity contribution in [2.24, 2.45) is 10.2 Å². The van der Waals surface area contributed by atoms with E-state index in [1.165, 1.54) is 52.7 Å². The molecule has 0 heterocycles. The lowest BCUT2D eigenvalue weighted by molar-refractivity contribution is 0.324. The van der Waals surface area contributed by atoms with Gasteiger partial charge in [-0.25, -0.2) is 4.39 Å². The minimum absolute atomic E-state index is 0.209. The zero-order valence-electron chi connectivity index (χ0n) is 13.6. The van der Waals surface area contributed by atoms with Crippen LogP contribution in [0, 0.1) is 11.6 Å². The highest BCUT2D eigenvalue weighted by molar-refractivity contribution is 5.60. The first kappa shape index (κ1) is 17.5. The summed E-state index contributed by atoms with van der Waals surface area (Å²) in [5.41, 5.74) is 0.0576. The third-order valence-corrected chi connectivity index (χ3v) is 3.17. The van der Waals surface area contributed by atoms with Crippen LogP contribution < -0.4 is 18.9 Å². The molecule has 0 saturated carbocycles. The first-order chi connectivity index (χ1) is 11.5. The van der Waals surface area contributed by atoms with Crippen LogP contribution in [0.25, 0.3) is 0 Å². The number of azo groups is 1. The van der Waals surface area contributed by atoms with E-state index < -0.39 is 11.6 Å². The molecule has 8 heteroatoms. The number of ether oxygens (including phenoxy) is 4. The number of methoxy groups -OCH3 is 4. The Hall–Kier alpha value is -2.90. The van der Waals surface area contributed by atoms with E-state index >= 15 is 0 Å². The third-order valence-electron chi connectivity index (χ3n) is 3.17. The van der Waals surface area contributed by atoms with Gasteiger partial charge in [0.2, 0.25) is 11.6 Å². The van der Waals surface area contributed by atoms with Crippen molar-refractivity contribution in [1.82, 2.24) is 0 Å². The van der Waals surface area contributed by atoms with E-state index in [4.69, 9.17) is 18.9 Å². The Morgan fingerprint density at radius 1 is 0.708 bits per heavy atom. The van der Waals surface area contributed by atoms with Gasteiger partial charge < -0.3 is 18.9 Å². The van der Waals surface area contributed by atoms with Gasteiger partial charge in [0.1, 0.15) is 5.69 Å². The predicted molar refractivity (Wildman–Crippen MR) is 83.2 cm³/mol. The second kappa shape index (κ2) is 7.58. The van der Waals surface area contributed by atoms with Gasteiger partial charge in [-0.05, 0) is 12.1 Å². The molecule has 0 amide bonds. The van der Waals surface area contributed by atoms with Crippen molar-refractivity contribution < 1.29 is 27.7 Å². The molecule has 0 aliphatic carbocycles. The molecule has 0 bridgehead atoms. The predicted octanol–water partition coefficient (Wildman–Crippen LogP) is 4.41. The van der Waals surface area contributed by atoms with Gasteiger partial charge in [-0.1, -0.05) is 0 Å². The van der Waals surface area contributed by atoms with E-state index in [0.717, 1.165) is 0 Å². The van der Waals surface area contributed by atoms with Gasteiger partial charge >= 0.3 is 0 Å². The van der Waals surface area contributed by atoms with Crippen molar-refractivity contribution in [3.8, 4) is 23.0 Å². The fourth-order valence-electron chi connectivity index (χ4n) is 1.99. The lowest BCUT2D eigenvalue weighted by Crippen LogP contribution is -1.94. The molecule has 0 atom stereocenters. The lowest BCUT2D eigenvalue weighted by atomic mass is 10.2. The molecule has 0 saturated heterocycles. The highest BCUT2D eigenvalue weighted by atomic mass is 19.2. The molecule has 24 heavy (non-hydrogen) atoms. The third kappa shape index (κ3) is 3.37. The van der Waals surface area contributed by atoms with Crippen molar-refractivity contribution in [3.05, 3.63) is 35.9 Å². The van der Waals surface area contributed by atoms with Crippen molar-refractivity contribution in [2.75, 3.05) is 28.4 Å². The fourth-order valence-corrected chi connectivity index (χ4v) is 1.99. The highest BCUT2D eigenvalue weighted by Gasteiger charge is 2.15. The highest BCUT2D eigenvalue weighted by Crippen LogP contribution is 2.41. The number of nitrogens with zero attached hydrogens (tertiary/aromatic N) is 2. The molecule has 0 N–H and O–H groups in total. The Bertz CT molecular complexity index is 741. The van der Waals surface area contributed by atoms with Crippen molar-refractivity contribution in [1.29, 1.82) is 0 Å². The van der Waals surface area contributed by atoms with Crippen LogP contribution in [0.1, 0.15) is 0 Å². The smallest absolute Gasteiger partial charge is 0.203 e. The van der Waals surface area contributed by atoms with Gasteiger partial charge in [-0.15, -0.1) is 5.11 Å². The van der Waals surface area contributed by atoms with Crippen LogP contribution in [0.4, 0.5) is 20.2 Å². The molecule has 0 aromatic heterocycles. The summed E-state index contributed by atoms with van der Waals surface area (Å²) < 4.78 is 47.8. The molecular formula is C16H16F2N2O4. The van der Waals surface area contributed by atoms with Gasteiger partial charge in [0, 0.05) is 12.1 Å². The molecular weight excluding hydrogens is 322 g/mol. The number of hydrogen-bond acceptors (Lipinski definition) is 6. The van der Waals surface area contributed by atoms with Gasteiger partial charge in [0.25, 0.3) is 0 Å². The fraction of sp³-hybridized carbons (Fsp3) is 0.250. The quantitative estimate of drug-likeness (QED) is 0.732. The van der Waals surface area contributed by atoms with Crippen molar-refractivity contribution in [3.63, 3.8) is 0 Å². The summed E-state index contributed by atoms with van der Waals surface area (Å²) in [6, 6.07) is 5.59. The Kier molecular flexibility index (Phi) is 5.51. The topological polar surface area (TPSA) is 61.6 Å². The minimum atomic E-state index is -1.15. The molecule has 2 aromatic carbocycles. The van der Waals surface area contributed by atoms with E-state index in [2.05, 4.69) is 10.2 Å². The summed E-state index contributed by atoms with van der Waals surface area (Å²) in [6.45, 7) is 0. The largest absolute Gasteiger partial charge is 0.494 e. The molecule has 2 rings (SSSR count). The maximum Gasteiger partial charge on any atom is 0.203 e. The molecule has 0 aliphatic heterocycles. The second-order valence-corrected chi connectivity index (χ2v) is 4.50. The Balaban J connectivity index is 2.41. The Morgan fingerprint density at radius 2 is 1.29 bits per heavy atom. The summed E-state index contributed by atoms with van der Waals surface area (Å²) in [5.74, 6) is -1.36. The van der Waals surface area contributed by atoms with E-state index in [-0.39, 0.29) is 11.4 Å². The van der Waals surface area contributed by atoms with Gasteiger partial charge in [-0.2, -0.15) is 9.50 Å². The van der Waals surface area contributed by atoms with E-state index in [0.29, 0.717) is 22.9 Å². The van der Waals surface area contributed by atoms with Crippen molar-refractivity contribution >= 4 is 11.4 Å². The molecule has 0 aliphatic rings. The number of benzene rings is 2. The molecule has 0 radical (unpaired) electrons. The van der Waals surface area contributed by atoms with Gasteiger partial charge in [0.05, 0.1) is 34.1 Å². The molecule has 0 unspecified atom stereocenters. The number of halogens is 2. The molecule has 0 fully saturated rings. The SMILES string of the molecule is COc1ccc(/N=N/c2cc(OC)c(OC)c(OC)c2)c(F)c1F. The summed E-state index contributed by atoms with van der Waals surface area (Å²) in [6.07, 6.45) is 0. The van der Waals surface area contributed by atoms with Crippen LogP contribution in [0.3, 0.4) is 0 Å². The molecule has 6 nitrogen and oxygen atoms in total. The average Bonchev–Trinajstić information content (AvgIpc) is 2.61. The molecule has 128 valence electrons. The first-order valence-corrected chi connectivity index (χ1v) is 6.79. The van der Waals surface area contributed by atoms with E-state index in [9.17, 15) is 8.78 Å². The van der Waals surface area contributed by atoms with Crippen molar-refractivity contribution in [2.45, 2.75) is 0 Å². The number of hydrogen-bond donors (Lipinski definition) is 0. The first-order valence-electron chi connectivity index (χ1n) is 6.79. The van der Waals surface area contributed by atoms with Gasteiger partial charge in [0.15, 0.2) is 23.1 Å². The second-order valence-electron chi connectivity index (χ2n) is 4.50. The zero-order valence-corrected chi connectivity index (χ0v) is 13.6. The van der Waals surface area contributed by atoms with Crippen LogP contribution in [0.15, 0.2) is 34.5 Å². The standard InChI is InChI=1S/C16H16F2N2O4/c1-21-11-6-5-10(14(17)15(11)18)20-19-9-7-12(22-2)16(24-4)13(8-9)23-3/h5-8H,1-4H3/b20-19+. The van der Waals surface area contributed by atoms with Crippen LogP contribution >= 0.6 is 0 Å². The van der Waals surface area contributed by atoms with Crippen LogP contribution in [-0.2, 0) is 0 Å². The molecule has 0 spiro atoms.